The van der Waals surface area contributed by atoms with Crippen LogP contribution in [0.15, 0.2) is 4.79 Å². The molecule has 5 nitrogen and oxygen atoms in total. The number of esters is 1. The van der Waals surface area contributed by atoms with Crippen LogP contribution in [0.2, 0.25) is 0 Å². The topological polar surface area (TPSA) is 62.4 Å². The highest BCUT2D eigenvalue weighted by molar-refractivity contribution is 7.09. The second-order valence-electron chi connectivity index (χ2n) is 5.81. The highest BCUT2D eigenvalue weighted by Crippen LogP contribution is 2.24. The summed E-state index contributed by atoms with van der Waals surface area (Å²) >= 11 is 1.20. The maximum Gasteiger partial charge on any atom is 0.311 e. The Morgan fingerprint density at radius 1 is 1.40 bits per heavy atom. The third-order valence-corrected chi connectivity index (χ3v) is 4.58. The molecule has 2 heterocycles. The van der Waals surface area contributed by atoms with Gasteiger partial charge in [-0.25, -0.2) is 0 Å². The van der Waals surface area contributed by atoms with Gasteiger partial charge in [-0.15, -0.1) is 0 Å². The van der Waals surface area contributed by atoms with E-state index in [0.717, 1.165) is 24.5 Å². The number of nitrogens with zero attached hydrogens (tertiary/aromatic N) is 1. The van der Waals surface area contributed by atoms with Crippen molar-refractivity contribution in [2.45, 2.75) is 33.2 Å². The lowest BCUT2D eigenvalue weighted by Gasteiger charge is -2.34. The minimum atomic E-state index is -0.319. The van der Waals surface area contributed by atoms with Gasteiger partial charge in [-0.1, -0.05) is 25.2 Å². The molecule has 1 aliphatic heterocycles. The number of likely N-dealkylation sites (tertiary alicyclic amines) is 1. The monoisotopic (exact) mass is 298 g/mol. The SMILES string of the molecule is COC(=O)Cc1[nH]c(=O)sc1CN1CC(C)CC(C)C1. The van der Waals surface area contributed by atoms with E-state index < -0.39 is 0 Å². The van der Waals surface area contributed by atoms with Crippen molar-refractivity contribution in [3.8, 4) is 0 Å². The number of ether oxygens (including phenoxy) is 1. The van der Waals surface area contributed by atoms with Crippen molar-refractivity contribution in [3.05, 3.63) is 20.2 Å². The van der Waals surface area contributed by atoms with Gasteiger partial charge in [0.1, 0.15) is 0 Å². The van der Waals surface area contributed by atoms with E-state index >= 15 is 0 Å². The third-order valence-electron chi connectivity index (χ3n) is 3.67. The third kappa shape index (κ3) is 3.93. The summed E-state index contributed by atoms with van der Waals surface area (Å²) < 4.78 is 4.67. The molecule has 0 spiro atoms. The van der Waals surface area contributed by atoms with E-state index in [-0.39, 0.29) is 17.3 Å². The molecule has 1 fully saturated rings. The maximum absolute atomic E-state index is 11.5. The number of nitrogens with one attached hydrogen (secondary N) is 1. The molecule has 112 valence electrons. The molecule has 2 unspecified atom stereocenters. The molecule has 2 atom stereocenters. The molecule has 20 heavy (non-hydrogen) atoms. The number of hydrogen-bond donors (Lipinski definition) is 1. The highest BCUT2D eigenvalue weighted by atomic mass is 32.1. The van der Waals surface area contributed by atoms with Crippen LogP contribution in [0.1, 0.15) is 30.8 Å². The smallest absolute Gasteiger partial charge is 0.311 e. The van der Waals surface area contributed by atoms with Crippen molar-refractivity contribution in [3.63, 3.8) is 0 Å². The van der Waals surface area contributed by atoms with Crippen molar-refractivity contribution in [1.29, 1.82) is 0 Å². The van der Waals surface area contributed by atoms with E-state index in [1.54, 1.807) is 0 Å². The first-order chi connectivity index (χ1) is 9.47. The molecule has 1 N–H and O–H groups in total. The Morgan fingerprint density at radius 3 is 2.65 bits per heavy atom. The normalized spacial score (nSPS) is 23.8. The molecule has 1 aliphatic rings. The molecule has 0 aliphatic carbocycles. The maximum atomic E-state index is 11.5. The molecule has 0 radical (unpaired) electrons. The van der Waals surface area contributed by atoms with Gasteiger partial charge in [-0.05, 0) is 18.3 Å². The number of hydrogen-bond acceptors (Lipinski definition) is 5. The zero-order chi connectivity index (χ0) is 14.7. The van der Waals surface area contributed by atoms with Crippen LogP contribution >= 0.6 is 11.3 Å². The van der Waals surface area contributed by atoms with E-state index in [1.165, 1.54) is 24.9 Å². The zero-order valence-electron chi connectivity index (χ0n) is 12.3. The summed E-state index contributed by atoms with van der Waals surface area (Å²) in [5, 5.41) is 0. The molecular weight excluding hydrogens is 276 g/mol. The summed E-state index contributed by atoms with van der Waals surface area (Å²) in [7, 11) is 1.36. The van der Waals surface area contributed by atoms with Gasteiger partial charge in [-0.2, -0.15) is 0 Å². The summed E-state index contributed by atoms with van der Waals surface area (Å²) in [6.45, 7) is 7.36. The first kappa shape index (κ1) is 15.3. The summed E-state index contributed by atoms with van der Waals surface area (Å²) in [4.78, 5) is 28.9. The Kier molecular flexibility index (Phi) is 4.99. The number of piperidine rings is 1. The Morgan fingerprint density at radius 2 is 2.05 bits per heavy atom. The van der Waals surface area contributed by atoms with Crippen LogP contribution in [-0.2, 0) is 22.5 Å². The fraction of sp³-hybridized carbons (Fsp3) is 0.714. The largest absolute Gasteiger partial charge is 0.469 e. The number of aromatic nitrogens is 1. The summed E-state index contributed by atoms with van der Waals surface area (Å²) in [6, 6.07) is 0. The minimum absolute atomic E-state index is 0.1000. The van der Waals surface area contributed by atoms with Crippen molar-refractivity contribution >= 4 is 17.3 Å². The average molecular weight is 298 g/mol. The van der Waals surface area contributed by atoms with Gasteiger partial charge < -0.3 is 9.72 Å². The molecule has 6 heteroatoms. The zero-order valence-corrected chi connectivity index (χ0v) is 13.1. The summed E-state index contributed by atoms with van der Waals surface area (Å²) in [6.07, 6.45) is 1.40. The van der Waals surface area contributed by atoms with Crippen LogP contribution in [0.25, 0.3) is 0 Å². The number of thiazole rings is 1. The van der Waals surface area contributed by atoms with Crippen molar-refractivity contribution < 1.29 is 9.53 Å². The summed E-state index contributed by atoms with van der Waals surface area (Å²) in [5.74, 6) is 1.04. The van der Waals surface area contributed by atoms with Crippen LogP contribution in [-0.4, -0.2) is 36.1 Å². The first-order valence-corrected chi connectivity index (χ1v) is 7.79. The number of carbonyl (C=O) groups is 1. The van der Waals surface area contributed by atoms with Crippen LogP contribution in [0.5, 0.6) is 0 Å². The van der Waals surface area contributed by atoms with Gasteiger partial charge in [0.25, 0.3) is 0 Å². The number of H-pyrrole nitrogens is 1. The second-order valence-corrected chi connectivity index (χ2v) is 6.88. The number of rotatable bonds is 4. The number of aromatic amines is 1. The fourth-order valence-electron chi connectivity index (χ4n) is 3.00. The molecule has 1 aromatic rings. The van der Waals surface area contributed by atoms with Gasteiger partial charge in [0.05, 0.1) is 13.5 Å². The lowest BCUT2D eigenvalue weighted by Crippen LogP contribution is -2.38. The molecule has 2 rings (SSSR count). The van der Waals surface area contributed by atoms with Crippen molar-refractivity contribution in [1.82, 2.24) is 9.88 Å². The molecule has 0 saturated carbocycles. The summed E-state index contributed by atoms with van der Waals surface area (Å²) in [5.41, 5.74) is 0.706. The van der Waals surface area contributed by atoms with Gasteiger partial charge in [0.2, 0.25) is 0 Å². The molecular formula is C14H22N2O3S. The Hall–Kier alpha value is -1.14. The van der Waals surface area contributed by atoms with Crippen molar-refractivity contribution in [2.75, 3.05) is 20.2 Å². The van der Waals surface area contributed by atoms with Crippen LogP contribution in [0.3, 0.4) is 0 Å². The van der Waals surface area contributed by atoms with Crippen LogP contribution in [0, 0.1) is 11.8 Å². The second kappa shape index (κ2) is 6.54. The standard InChI is InChI=1S/C14H22N2O3S/c1-9-4-10(2)7-16(6-9)8-12-11(5-13(17)19-3)15-14(18)20-12/h9-10H,4-8H2,1-3H3,(H,15,18). The molecule has 1 saturated heterocycles. The molecule has 0 bridgehead atoms. The Bertz CT molecular complexity index is 513. The van der Waals surface area contributed by atoms with E-state index in [9.17, 15) is 9.59 Å². The van der Waals surface area contributed by atoms with Gasteiger partial charge in [-0.3, -0.25) is 14.5 Å². The molecule has 1 aromatic heterocycles. The predicted octanol–water partition coefficient (Wildman–Crippen LogP) is 1.63. The molecule has 0 amide bonds. The number of carbonyl (C=O) groups excluding carboxylic acids is 1. The van der Waals surface area contributed by atoms with Gasteiger partial charge >= 0.3 is 10.8 Å². The van der Waals surface area contributed by atoms with Crippen molar-refractivity contribution in [2.24, 2.45) is 11.8 Å². The van der Waals surface area contributed by atoms with E-state index in [1.807, 2.05) is 0 Å². The van der Waals surface area contributed by atoms with Crippen LogP contribution < -0.4 is 4.87 Å². The van der Waals surface area contributed by atoms with E-state index in [2.05, 4.69) is 28.5 Å². The average Bonchev–Trinajstić information content (AvgIpc) is 2.67. The Labute approximate surface area is 122 Å². The van der Waals surface area contributed by atoms with E-state index in [0.29, 0.717) is 17.5 Å². The van der Waals surface area contributed by atoms with Gasteiger partial charge in [0, 0.05) is 30.2 Å². The lowest BCUT2D eigenvalue weighted by molar-refractivity contribution is -0.139. The highest BCUT2D eigenvalue weighted by Gasteiger charge is 2.23. The molecule has 0 aromatic carbocycles. The quantitative estimate of drug-likeness (QED) is 0.858. The number of methoxy groups -OCH3 is 1. The fourth-order valence-corrected chi connectivity index (χ4v) is 3.89. The lowest BCUT2D eigenvalue weighted by atomic mass is 9.92. The van der Waals surface area contributed by atoms with Crippen LogP contribution in [0.4, 0.5) is 0 Å². The van der Waals surface area contributed by atoms with E-state index in [4.69, 9.17) is 0 Å². The first-order valence-electron chi connectivity index (χ1n) is 6.98. The Balaban J connectivity index is 2.08. The predicted molar refractivity (Wildman–Crippen MR) is 78.9 cm³/mol. The van der Waals surface area contributed by atoms with Gasteiger partial charge in [0.15, 0.2) is 0 Å². The minimum Gasteiger partial charge on any atom is -0.469 e.